The number of piperidine rings is 2. The lowest BCUT2D eigenvalue weighted by atomic mass is 9.97. The number of aromatic amines is 1. The number of carbonyl (C=O) groups excluding carboxylic acids is 2. The highest BCUT2D eigenvalue weighted by Crippen LogP contribution is 2.24. The third kappa shape index (κ3) is 5.87. The first-order valence-electron chi connectivity index (χ1n) is 13.4. The first-order valence-corrected chi connectivity index (χ1v) is 13.4. The normalized spacial score (nSPS) is 18.1. The Morgan fingerprint density at radius 2 is 1.89 bits per heavy atom. The van der Waals surface area contributed by atoms with Gasteiger partial charge in [-0.05, 0) is 61.8 Å². The Morgan fingerprint density at radius 1 is 1.14 bits per heavy atom. The van der Waals surface area contributed by atoms with E-state index < -0.39 is 0 Å². The van der Waals surface area contributed by atoms with Crippen LogP contribution in [-0.2, 0) is 11.2 Å². The van der Waals surface area contributed by atoms with Gasteiger partial charge >= 0.3 is 0 Å². The fourth-order valence-corrected chi connectivity index (χ4v) is 5.57. The molecule has 0 spiro atoms. The van der Waals surface area contributed by atoms with Gasteiger partial charge in [0.05, 0.1) is 5.69 Å². The smallest absolute Gasteiger partial charge is 0.292 e. The molecule has 3 aromatic rings. The second-order valence-corrected chi connectivity index (χ2v) is 10.7. The lowest BCUT2D eigenvalue weighted by Gasteiger charge is -2.41. The number of amides is 2. The number of hydrogen-bond acceptors (Lipinski definition) is 5. The molecule has 2 fully saturated rings. The van der Waals surface area contributed by atoms with Crippen molar-refractivity contribution in [2.24, 2.45) is 0 Å². The largest absolute Gasteiger partial charge is 0.361 e. The fraction of sp³-hybridized carbons (Fsp3) is 0.536. The number of fused-ring (bicyclic) bond motifs is 1. The molecule has 2 N–H and O–H groups in total. The number of H-pyrrole nitrogens is 1. The molecule has 2 aliphatic heterocycles. The van der Waals surface area contributed by atoms with Crippen molar-refractivity contribution in [1.82, 2.24) is 25.3 Å². The number of halogens is 1. The zero-order chi connectivity index (χ0) is 25.9. The van der Waals surface area contributed by atoms with Gasteiger partial charge in [0.25, 0.3) is 5.91 Å². The Hall–Kier alpha value is -3.20. The molecule has 37 heavy (non-hydrogen) atoms. The summed E-state index contributed by atoms with van der Waals surface area (Å²) in [5.41, 5.74) is 2.66. The minimum absolute atomic E-state index is 0.0454. The first kappa shape index (κ1) is 25.4. The van der Waals surface area contributed by atoms with E-state index in [1.807, 2.05) is 24.9 Å². The quantitative estimate of drug-likeness (QED) is 0.497. The summed E-state index contributed by atoms with van der Waals surface area (Å²) in [6.45, 7) is 7.39. The number of benzene rings is 1. The average Bonchev–Trinajstić information content (AvgIpc) is 3.55. The van der Waals surface area contributed by atoms with Crippen LogP contribution in [-0.4, -0.2) is 70.0 Å². The summed E-state index contributed by atoms with van der Waals surface area (Å²) >= 11 is 0. The summed E-state index contributed by atoms with van der Waals surface area (Å²) in [6, 6.07) is 7.09. The molecule has 1 aromatic carbocycles. The van der Waals surface area contributed by atoms with E-state index in [1.54, 1.807) is 12.1 Å². The van der Waals surface area contributed by atoms with Crippen LogP contribution >= 0.6 is 0 Å². The fourth-order valence-electron chi connectivity index (χ4n) is 5.57. The molecule has 8 nitrogen and oxygen atoms in total. The van der Waals surface area contributed by atoms with E-state index in [-0.39, 0.29) is 29.6 Å². The van der Waals surface area contributed by atoms with Crippen LogP contribution in [0, 0.1) is 5.82 Å². The summed E-state index contributed by atoms with van der Waals surface area (Å²) in [5, 5.41) is 8.05. The number of nitrogens with one attached hydrogen (secondary N) is 2. The van der Waals surface area contributed by atoms with Gasteiger partial charge in [0, 0.05) is 67.8 Å². The van der Waals surface area contributed by atoms with Crippen LogP contribution in [0.1, 0.15) is 73.7 Å². The standard InChI is InChI=1S/C28H36FN5O3/c1-18(2)25-16-26(37-32-25)28(36)34-13-9-22(10-14-34)33-11-7-21(8-12-33)31-27(35)6-3-19-17-30-24-5-4-20(29)15-23(19)24/h4-5,15-18,21-22,30H,3,6-14H2,1-2H3,(H,31,35). The van der Waals surface area contributed by atoms with Crippen molar-refractivity contribution in [3.63, 3.8) is 0 Å². The van der Waals surface area contributed by atoms with Crippen LogP contribution in [0.2, 0.25) is 0 Å². The molecule has 0 radical (unpaired) electrons. The van der Waals surface area contributed by atoms with Gasteiger partial charge in [0.1, 0.15) is 5.82 Å². The van der Waals surface area contributed by atoms with Crippen LogP contribution in [0.5, 0.6) is 0 Å². The molecule has 2 aromatic heterocycles. The number of aryl methyl sites for hydroxylation is 1. The van der Waals surface area contributed by atoms with Crippen molar-refractivity contribution in [3.05, 3.63) is 53.3 Å². The summed E-state index contributed by atoms with van der Waals surface area (Å²) in [4.78, 5) is 32.9. The number of carbonyl (C=O) groups is 2. The lowest BCUT2D eigenvalue weighted by Crippen LogP contribution is -2.51. The van der Waals surface area contributed by atoms with Gasteiger partial charge in [-0.3, -0.25) is 9.59 Å². The maximum Gasteiger partial charge on any atom is 0.292 e. The van der Waals surface area contributed by atoms with Crippen LogP contribution in [0.25, 0.3) is 10.9 Å². The number of aromatic nitrogens is 2. The Labute approximate surface area is 216 Å². The number of nitrogens with zero attached hydrogens (tertiary/aromatic N) is 3. The van der Waals surface area contributed by atoms with Gasteiger partial charge in [0.2, 0.25) is 11.7 Å². The molecule has 0 atom stereocenters. The van der Waals surface area contributed by atoms with Gasteiger partial charge in [-0.2, -0.15) is 0 Å². The van der Waals surface area contributed by atoms with E-state index in [1.165, 1.54) is 12.1 Å². The molecular formula is C28H36FN5O3. The van der Waals surface area contributed by atoms with Crippen molar-refractivity contribution in [2.75, 3.05) is 26.2 Å². The van der Waals surface area contributed by atoms with Crippen molar-refractivity contribution >= 4 is 22.7 Å². The molecule has 2 amide bonds. The van der Waals surface area contributed by atoms with Crippen molar-refractivity contribution in [2.45, 2.75) is 70.4 Å². The highest BCUT2D eigenvalue weighted by atomic mass is 19.1. The zero-order valence-electron chi connectivity index (χ0n) is 21.6. The predicted octanol–water partition coefficient (Wildman–Crippen LogP) is 4.24. The highest BCUT2D eigenvalue weighted by Gasteiger charge is 2.31. The van der Waals surface area contributed by atoms with Crippen LogP contribution in [0.3, 0.4) is 0 Å². The molecule has 0 bridgehead atoms. The molecule has 198 valence electrons. The monoisotopic (exact) mass is 509 g/mol. The molecule has 0 saturated carbocycles. The van der Waals surface area contributed by atoms with Crippen LogP contribution < -0.4 is 5.32 Å². The maximum absolute atomic E-state index is 13.6. The molecule has 0 unspecified atom stereocenters. The van der Waals surface area contributed by atoms with E-state index in [4.69, 9.17) is 4.52 Å². The van der Waals surface area contributed by atoms with Gasteiger partial charge in [-0.1, -0.05) is 19.0 Å². The van der Waals surface area contributed by atoms with Gasteiger partial charge in [-0.15, -0.1) is 0 Å². The number of hydrogen-bond donors (Lipinski definition) is 2. The van der Waals surface area contributed by atoms with Gasteiger partial charge in [0.15, 0.2) is 0 Å². The van der Waals surface area contributed by atoms with Crippen molar-refractivity contribution in [3.8, 4) is 0 Å². The number of rotatable bonds is 7. The third-order valence-corrected chi connectivity index (χ3v) is 7.84. The molecule has 5 rings (SSSR count). The second kappa shape index (κ2) is 11.0. The van der Waals surface area contributed by atoms with E-state index >= 15 is 0 Å². The molecule has 9 heteroatoms. The van der Waals surface area contributed by atoms with Gasteiger partial charge in [-0.25, -0.2) is 4.39 Å². The Bertz CT molecular complexity index is 1240. The van der Waals surface area contributed by atoms with Gasteiger partial charge < -0.3 is 24.6 Å². The molecule has 0 aliphatic carbocycles. The maximum atomic E-state index is 13.6. The SMILES string of the molecule is CC(C)c1cc(C(=O)N2CCC(N3CCC(NC(=O)CCc4c[nH]c5ccc(F)cc45)CC3)CC2)on1. The van der Waals surface area contributed by atoms with E-state index in [9.17, 15) is 14.0 Å². The zero-order valence-corrected chi connectivity index (χ0v) is 21.6. The Balaban J connectivity index is 1.03. The van der Waals surface area contributed by atoms with E-state index in [0.29, 0.717) is 24.6 Å². The van der Waals surface area contributed by atoms with E-state index in [2.05, 4.69) is 20.4 Å². The molecular weight excluding hydrogens is 473 g/mol. The van der Waals surface area contributed by atoms with Crippen LogP contribution in [0.15, 0.2) is 35.0 Å². The summed E-state index contributed by atoms with van der Waals surface area (Å²) in [6.07, 6.45) is 6.58. The van der Waals surface area contributed by atoms with E-state index in [0.717, 1.165) is 74.0 Å². The average molecular weight is 510 g/mol. The number of likely N-dealkylation sites (tertiary alicyclic amines) is 2. The molecule has 2 saturated heterocycles. The first-order chi connectivity index (χ1) is 17.9. The molecule has 2 aliphatic rings. The van der Waals surface area contributed by atoms with Crippen molar-refractivity contribution in [1.29, 1.82) is 0 Å². The minimum atomic E-state index is -0.267. The summed E-state index contributed by atoms with van der Waals surface area (Å²) in [7, 11) is 0. The predicted molar refractivity (Wildman–Crippen MR) is 139 cm³/mol. The topological polar surface area (TPSA) is 94.5 Å². The summed E-state index contributed by atoms with van der Waals surface area (Å²) in [5.74, 6) is 0.266. The lowest BCUT2D eigenvalue weighted by molar-refractivity contribution is -0.122. The molecule has 4 heterocycles. The second-order valence-electron chi connectivity index (χ2n) is 10.7. The third-order valence-electron chi connectivity index (χ3n) is 7.84. The Kier molecular flexibility index (Phi) is 7.60. The minimum Gasteiger partial charge on any atom is -0.361 e. The Morgan fingerprint density at radius 3 is 2.59 bits per heavy atom. The highest BCUT2D eigenvalue weighted by molar-refractivity contribution is 5.91. The summed E-state index contributed by atoms with van der Waals surface area (Å²) < 4.78 is 18.9. The van der Waals surface area contributed by atoms with Crippen LogP contribution in [0.4, 0.5) is 4.39 Å². The van der Waals surface area contributed by atoms with Crippen molar-refractivity contribution < 1.29 is 18.5 Å².